The molecule has 1 aromatic carbocycles. The highest BCUT2D eigenvalue weighted by Crippen LogP contribution is 2.24. The predicted molar refractivity (Wildman–Crippen MR) is 94.6 cm³/mol. The molecule has 1 heterocycles. The number of carbonyl (C=O) groups is 4. The SMILES string of the molecule is CCC1(CC)NC(=O)N(CC(=O)OCC(=O)Nc2ccc(Cl)cc2)C1=O. The van der Waals surface area contributed by atoms with Crippen molar-refractivity contribution in [2.45, 2.75) is 32.2 Å². The van der Waals surface area contributed by atoms with E-state index >= 15 is 0 Å². The smallest absolute Gasteiger partial charge is 0.326 e. The molecule has 2 rings (SSSR count). The lowest BCUT2D eigenvalue weighted by Crippen LogP contribution is -2.46. The Morgan fingerprint density at radius 1 is 1.19 bits per heavy atom. The largest absolute Gasteiger partial charge is 0.454 e. The molecule has 0 aromatic heterocycles. The quantitative estimate of drug-likeness (QED) is 0.554. The lowest BCUT2D eigenvalue weighted by molar-refractivity contribution is -0.150. The van der Waals surface area contributed by atoms with Crippen molar-refractivity contribution in [1.82, 2.24) is 10.2 Å². The summed E-state index contributed by atoms with van der Waals surface area (Å²) in [6, 6.07) is 5.78. The standard InChI is InChI=1S/C17H20ClN3O5/c1-3-17(4-2)15(24)21(16(25)20-17)9-14(23)26-10-13(22)19-12-7-5-11(18)6-8-12/h5-8H,3-4,9-10H2,1-2H3,(H,19,22)(H,20,25). The third kappa shape index (κ3) is 4.32. The topological polar surface area (TPSA) is 105 Å². The third-order valence-electron chi connectivity index (χ3n) is 4.23. The number of nitrogens with zero attached hydrogens (tertiary/aromatic N) is 1. The molecule has 1 aliphatic rings. The minimum atomic E-state index is -0.983. The van der Waals surface area contributed by atoms with Crippen molar-refractivity contribution >= 4 is 41.1 Å². The van der Waals surface area contributed by atoms with Gasteiger partial charge >= 0.3 is 12.0 Å². The van der Waals surface area contributed by atoms with Gasteiger partial charge in [0, 0.05) is 10.7 Å². The van der Waals surface area contributed by atoms with Crippen LogP contribution in [-0.4, -0.2) is 47.4 Å². The van der Waals surface area contributed by atoms with Crippen LogP contribution in [0.4, 0.5) is 10.5 Å². The van der Waals surface area contributed by atoms with Gasteiger partial charge in [-0.2, -0.15) is 0 Å². The fourth-order valence-corrected chi connectivity index (χ4v) is 2.73. The zero-order chi connectivity index (χ0) is 19.3. The zero-order valence-electron chi connectivity index (χ0n) is 14.5. The molecule has 1 aliphatic heterocycles. The molecule has 0 unspecified atom stereocenters. The summed E-state index contributed by atoms with van der Waals surface area (Å²) in [5.41, 5.74) is -0.483. The molecule has 1 fully saturated rings. The van der Waals surface area contributed by atoms with Gasteiger partial charge in [0.2, 0.25) is 0 Å². The zero-order valence-corrected chi connectivity index (χ0v) is 15.3. The summed E-state index contributed by atoms with van der Waals surface area (Å²) < 4.78 is 4.84. The lowest BCUT2D eigenvalue weighted by atomic mass is 9.93. The van der Waals surface area contributed by atoms with E-state index in [0.29, 0.717) is 23.6 Å². The number of halogens is 1. The van der Waals surface area contributed by atoms with E-state index in [9.17, 15) is 19.2 Å². The molecule has 2 N–H and O–H groups in total. The van der Waals surface area contributed by atoms with Crippen LogP contribution in [0.25, 0.3) is 0 Å². The summed E-state index contributed by atoms with van der Waals surface area (Å²) in [4.78, 5) is 48.8. The second-order valence-electron chi connectivity index (χ2n) is 5.83. The molecule has 140 valence electrons. The molecule has 26 heavy (non-hydrogen) atoms. The van der Waals surface area contributed by atoms with Gasteiger partial charge in [-0.3, -0.25) is 19.3 Å². The maximum Gasteiger partial charge on any atom is 0.326 e. The maximum atomic E-state index is 12.4. The number of carbonyl (C=O) groups excluding carboxylic acids is 4. The van der Waals surface area contributed by atoms with Gasteiger partial charge in [-0.25, -0.2) is 4.79 Å². The van der Waals surface area contributed by atoms with Gasteiger partial charge in [-0.05, 0) is 37.1 Å². The number of esters is 1. The van der Waals surface area contributed by atoms with Gasteiger partial charge in [0.25, 0.3) is 11.8 Å². The minimum Gasteiger partial charge on any atom is -0.454 e. The van der Waals surface area contributed by atoms with Gasteiger partial charge < -0.3 is 15.4 Å². The van der Waals surface area contributed by atoms with Crippen molar-refractivity contribution in [2.24, 2.45) is 0 Å². The molecule has 9 heteroatoms. The number of nitrogens with one attached hydrogen (secondary N) is 2. The van der Waals surface area contributed by atoms with Crippen LogP contribution in [0.15, 0.2) is 24.3 Å². The number of benzene rings is 1. The van der Waals surface area contributed by atoms with Crippen molar-refractivity contribution in [3.63, 3.8) is 0 Å². The number of ether oxygens (including phenoxy) is 1. The minimum absolute atomic E-state index is 0.420. The second-order valence-corrected chi connectivity index (χ2v) is 6.26. The highest BCUT2D eigenvalue weighted by Gasteiger charge is 2.49. The number of rotatable bonds is 7. The monoisotopic (exact) mass is 381 g/mol. The first-order chi connectivity index (χ1) is 12.3. The summed E-state index contributed by atoms with van der Waals surface area (Å²) in [6.45, 7) is 2.49. The van der Waals surface area contributed by atoms with E-state index in [1.54, 1.807) is 38.1 Å². The van der Waals surface area contributed by atoms with E-state index in [4.69, 9.17) is 16.3 Å². The van der Waals surface area contributed by atoms with E-state index in [1.807, 2.05) is 0 Å². The first-order valence-corrected chi connectivity index (χ1v) is 8.54. The predicted octanol–water partition coefficient (Wildman–Crippen LogP) is 1.93. The molecule has 8 nitrogen and oxygen atoms in total. The molecule has 0 aliphatic carbocycles. The Bertz CT molecular complexity index is 716. The summed E-state index contributed by atoms with van der Waals surface area (Å²) in [5, 5.41) is 5.67. The lowest BCUT2D eigenvalue weighted by Gasteiger charge is -2.22. The summed E-state index contributed by atoms with van der Waals surface area (Å²) in [6.07, 6.45) is 0.840. The van der Waals surface area contributed by atoms with E-state index in [1.165, 1.54) is 0 Å². The Labute approximate surface area is 155 Å². The van der Waals surface area contributed by atoms with Gasteiger partial charge in [-0.1, -0.05) is 25.4 Å². The first-order valence-electron chi connectivity index (χ1n) is 8.16. The third-order valence-corrected chi connectivity index (χ3v) is 4.48. The van der Waals surface area contributed by atoms with Crippen LogP contribution < -0.4 is 10.6 Å². The Morgan fingerprint density at radius 2 is 1.81 bits per heavy atom. The van der Waals surface area contributed by atoms with Crippen LogP contribution in [0.3, 0.4) is 0 Å². The number of hydrogen-bond acceptors (Lipinski definition) is 5. The van der Waals surface area contributed by atoms with E-state index in [-0.39, 0.29) is 0 Å². The molecule has 1 saturated heterocycles. The van der Waals surface area contributed by atoms with Crippen LogP contribution in [0.2, 0.25) is 5.02 Å². The number of hydrogen-bond donors (Lipinski definition) is 2. The summed E-state index contributed by atoms with van der Waals surface area (Å²) in [5.74, 6) is -1.85. The Kier molecular flexibility index (Phi) is 6.20. The maximum absolute atomic E-state index is 12.4. The molecule has 0 bridgehead atoms. The average Bonchev–Trinajstić information content (AvgIpc) is 2.86. The molecular weight excluding hydrogens is 362 g/mol. The van der Waals surface area contributed by atoms with Crippen LogP contribution in [0.5, 0.6) is 0 Å². The normalized spacial score (nSPS) is 15.6. The Morgan fingerprint density at radius 3 is 2.35 bits per heavy atom. The molecule has 0 saturated carbocycles. The van der Waals surface area contributed by atoms with Crippen molar-refractivity contribution < 1.29 is 23.9 Å². The number of urea groups is 1. The molecule has 4 amide bonds. The van der Waals surface area contributed by atoms with Crippen LogP contribution >= 0.6 is 11.6 Å². The molecular formula is C17H20ClN3O5. The van der Waals surface area contributed by atoms with Gasteiger partial charge in [-0.15, -0.1) is 0 Å². The van der Waals surface area contributed by atoms with Gasteiger partial charge in [0.15, 0.2) is 6.61 Å². The molecule has 0 atom stereocenters. The number of anilines is 1. The molecule has 1 aromatic rings. The Balaban J connectivity index is 1.85. The second kappa shape index (κ2) is 8.18. The number of imide groups is 1. The molecule has 0 spiro atoms. The fourth-order valence-electron chi connectivity index (χ4n) is 2.60. The summed E-state index contributed by atoms with van der Waals surface area (Å²) in [7, 11) is 0. The Hall–Kier alpha value is -2.61. The highest BCUT2D eigenvalue weighted by atomic mass is 35.5. The van der Waals surface area contributed by atoms with E-state index in [2.05, 4.69) is 10.6 Å². The van der Waals surface area contributed by atoms with Gasteiger partial charge in [0.05, 0.1) is 0 Å². The van der Waals surface area contributed by atoms with Gasteiger partial charge in [0.1, 0.15) is 12.1 Å². The first kappa shape index (κ1) is 19.7. The van der Waals surface area contributed by atoms with Crippen LogP contribution in [0.1, 0.15) is 26.7 Å². The van der Waals surface area contributed by atoms with Crippen molar-refractivity contribution in [3.8, 4) is 0 Å². The van der Waals surface area contributed by atoms with Crippen LogP contribution in [-0.2, 0) is 19.1 Å². The van der Waals surface area contributed by atoms with Crippen molar-refractivity contribution in [1.29, 1.82) is 0 Å². The van der Waals surface area contributed by atoms with E-state index in [0.717, 1.165) is 4.90 Å². The van der Waals surface area contributed by atoms with Crippen LogP contribution in [0, 0.1) is 0 Å². The fraction of sp³-hybridized carbons (Fsp3) is 0.412. The summed E-state index contributed by atoms with van der Waals surface area (Å²) >= 11 is 5.75. The highest BCUT2D eigenvalue weighted by molar-refractivity contribution is 6.30. The van der Waals surface area contributed by atoms with Crippen molar-refractivity contribution in [3.05, 3.63) is 29.3 Å². The van der Waals surface area contributed by atoms with Crippen molar-refractivity contribution in [2.75, 3.05) is 18.5 Å². The molecule has 0 radical (unpaired) electrons. The van der Waals surface area contributed by atoms with E-state index < -0.39 is 42.5 Å². The number of amides is 4. The average molecular weight is 382 g/mol.